The van der Waals surface area contributed by atoms with Crippen LogP contribution in [0.15, 0.2) is 77.2 Å². The second-order valence-electron chi connectivity index (χ2n) is 6.60. The van der Waals surface area contributed by atoms with Crippen molar-refractivity contribution in [2.45, 2.75) is 0 Å². The number of methoxy groups -OCH3 is 2. The second-order valence-corrected chi connectivity index (χ2v) is 7.76. The van der Waals surface area contributed by atoms with Crippen molar-refractivity contribution in [3.05, 3.63) is 83.2 Å². The van der Waals surface area contributed by atoms with Gasteiger partial charge in [-0.15, -0.1) is 10.2 Å². The fraction of sp³-hybridized carbons (Fsp3) is 0.0870. The summed E-state index contributed by atoms with van der Waals surface area (Å²) in [4.78, 5) is 3.46. The van der Waals surface area contributed by atoms with Gasteiger partial charge in [0.25, 0.3) is 0 Å². The summed E-state index contributed by atoms with van der Waals surface area (Å²) in [6.45, 7) is 0. The Morgan fingerprint density at radius 3 is 2.03 bits per heavy atom. The Bertz CT molecular complexity index is 1290. The lowest BCUT2D eigenvalue weighted by Gasteiger charge is -2.17. The molecule has 1 N–H and O–H groups in total. The summed E-state index contributed by atoms with van der Waals surface area (Å²) in [5.41, 5.74) is 2.50. The monoisotopic (exact) mass is 491 g/mol. The summed E-state index contributed by atoms with van der Waals surface area (Å²) in [6, 6.07) is 23.0. The average molecular weight is 492 g/mol. The third kappa shape index (κ3) is 6.93. The Labute approximate surface area is 196 Å². The number of ether oxygens (including phenoxy) is 2. The Morgan fingerprint density at radius 1 is 0.818 bits per heavy atom. The molecule has 0 aliphatic heterocycles. The van der Waals surface area contributed by atoms with Gasteiger partial charge in [0.05, 0.1) is 30.7 Å². The van der Waals surface area contributed by atoms with E-state index < -0.39 is 10.2 Å². The molecule has 0 bridgehead atoms. The molecule has 0 radical (unpaired) electrons. The van der Waals surface area contributed by atoms with E-state index in [1.165, 1.54) is 0 Å². The molecule has 172 valence electrons. The van der Waals surface area contributed by atoms with Crippen molar-refractivity contribution in [2.75, 3.05) is 14.2 Å². The number of nitrogens with one attached hydrogen (secondary N) is 1. The molecule has 0 saturated heterocycles. The minimum Gasteiger partial charge on any atom is -0.497 e. The molecule has 0 unspecified atom stereocenters. The highest BCUT2D eigenvalue weighted by Gasteiger charge is 2.13. The van der Waals surface area contributed by atoms with Crippen LogP contribution in [0.4, 0.5) is 5.69 Å². The molecule has 3 aromatic carbocycles. The highest BCUT2D eigenvalue weighted by Crippen LogP contribution is 2.29. The maximum Gasteiger partial charge on any atom is 0.218 e. The van der Waals surface area contributed by atoms with Gasteiger partial charge in [0, 0.05) is 17.7 Å². The summed E-state index contributed by atoms with van der Waals surface area (Å²) in [5, 5.41) is 2.43. The van der Waals surface area contributed by atoms with E-state index in [9.17, 15) is 0 Å². The number of rotatable bonds is 4. The zero-order valence-electron chi connectivity index (χ0n) is 17.5. The van der Waals surface area contributed by atoms with Gasteiger partial charge < -0.3 is 13.9 Å². The lowest BCUT2D eigenvalue weighted by molar-refractivity contribution is -2.00. The minimum atomic E-state index is -4.94. The third-order valence-corrected chi connectivity index (χ3v) is 4.81. The summed E-state index contributed by atoms with van der Waals surface area (Å²) < 4.78 is 50.7. The zero-order chi connectivity index (χ0) is 24.0. The fourth-order valence-corrected chi connectivity index (χ4v) is 3.25. The van der Waals surface area contributed by atoms with Crippen LogP contribution in [0.3, 0.4) is 0 Å². The first kappa shape index (κ1) is 24.5. The van der Waals surface area contributed by atoms with Gasteiger partial charge in [-0.3, -0.25) is 0 Å². The van der Waals surface area contributed by atoms with Crippen LogP contribution < -0.4 is 38.5 Å². The summed E-state index contributed by atoms with van der Waals surface area (Å²) in [7, 11) is -1.65. The first-order chi connectivity index (χ1) is 15.7. The van der Waals surface area contributed by atoms with E-state index in [0.717, 1.165) is 39.1 Å². The molecule has 8 nitrogen and oxygen atoms in total. The minimum absolute atomic E-state index is 0.634. The molecular formula is C23H19Cl2NO7. The average Bonchev–Trinajstić information content (AvgIpc) is 2.78. The van der Waals surface area contributed by atoms with Crippen LogP contribution in [-0.2, 0) is 0 Å². The summed E-state index contributed by atoms with van der Waals surface area (Å²) in [6.07, 6.45) is 0. The number of benzene rings is 3. The van der Waals surface area contributed by atoms with Gasteiger partial charge in [-0.05, 0) is 42.5 Å². The van der Waals surface area contributed by atoms with E-state index in [4.69, 9.17) is 44.1 Å². The predicted molar refractivity (Wildman–Crippen MR) is 110 cm³/mol. The van der Waals surface area contributed by atoms with Crippen LogP contribution in [0.25, 0.3) is 22.3 Å². The van der Waals surface area contributed by atoms with E-state index in [2.05, 4.69) is 4.99 Å². The van der Waals surface area contributed by atoms with Crippen LogP contribution in [0.2, 0.25) is 5.02 Å². The van der Waals surface area contributed by atoms with Crippen molar-refractivity contribution in [1.82, 2.24) is 0 Å². The van der Waals surface area contributed by atoms with E-state index in [1.807, 2.05) is 72.8 Å². The Kier molecular flexibility index (Phi) is 7.93. The number of hydrogen-bond acceptors (Lipinski definition) is 7. The van der Waals surface area contributed by atoms with Crippen LogP contribution in [0.5, 0.6) is 11.5 Å². The molecular weight excluding hydrogens is 473 g/mol. The van der Waals surface area contributed by atoms with Crippen molar-refractivity contribution in [3.63, 3.8) is 0 Å². The largest absolute Gasteiger partial charge is 0.497 e. The maximum absolute atomic E-state index is 8.49. The zero-order valence-corrected chi connectivity index (χ0v) is 19.1. The number of halogens is 2. The van der Waals surface area contributed by atoms with Crippen molar-refractivity contribution >= 4 is 28.3 Å². The van der Waals surface area contributed by atoms with E-state index >= 15 is 0 Å². The molecule has 0 amide bonds. The molecule has 10 heteroatoms. The molecule has 1 heterocycles. The lowest BCUT2D eigenvalue weighted by atomic mass is 10.1. The normalized spacial score (nSPS) is 11.7. The van der Waals surface area contributed by atoms with Crippen molar-refractivity contribution in [2.24, 2.45) is 0 Å². The molecule has 1 aromatic heterocycles. The fourth-order valence-electron chi connectivity index (χ4n) is 3.02. The smallest absolute Gasteiger partial charge is 0.218 e. The Morgan fingerprint density at radius 2 is 1.42 bits per heavy atom. The molecule has 0 saturated carbocycles. The van der Waals surface area contributed by atoms with Crippen LogP contribution >= 0.6 is 11.6 Å². The lowest BCUT2D eigenvalue weighted by Crippen LogP contribution is -2.70. The van der Waals surface area contributed by atoms with Crippen LogP contribution in [0, 0.1) is 10.2 Å². The Balaban J connectivity index is 0.000000555. The molecule has 0 aliphatic carbocycles. The quantitative estimate of drug-likeness (QED) is 0.399. The van der Waals surface area contributed by atoms with Crippen LogP contribution in [-0.4, -0.2) is 14.2 Å². The number of fused-ring (bicyclic) bond motifs is 1. The van der Waals surface area contributed by atoms with Gasteiger partial charge in [0.1, 0.15) is 22.8 Å². The summed E-state index contributed by atoms with van der Waals surface area (Å²) in [5.74, 6) is 2.24. The van der Waals surface area contributed by atoms with Gasteiger partial charge in [0.2, 0.25) is 11.0 Å². The molecule has 0 fully saturated rings. The van der Waals surface area contributed by atoms with Gasteiger partial charge in [0.15, 0.2) is 0 Å². The van der Waals surface area contributed by atoms with Crippen molar-refractivity contribution in [1.29, 1.82) is 0 Å². The predicted octanol–water partition coefficient (Wildman–Crippen LogP) is -0.673. The third-order valence-electron chi connectivity index (χ3n) is 4.48. The van der Waals surface area contributed by atoms with E-state index in [-0.39, 0.29) is 0 Å². The van der Waals surface area contributed by atoms with Gasteiger partial charge >= 0.3 is 0 Å². The molecule has 4 aromatic rings. The number of hydrogen-bond donors (Lipinski definition) is 1. The van der Waals surface area contributed by atoms with E-state index in [1.54, 1.807) is 14.2 Å². The molecule has 33 heavy (non-hydrogen) atoms. The van der Waals surface area contributed by atoms with E-state index in [0.29, 0.717) is 10.8 Å². The summed E-state index contributed by atoms with van der Waals surface area (Å²) >= 11 is 6.39. The highest BCUT2D eigenvalue weighted by molar-refractivity contribution is 6.33. The first-order valence-corrected chi connectivity index (χ1v) is 11.0. The van der Waals surface area contributed by atoms with Gasteiger partial charge in [-0.2, -0.15) is 0 Å². The van der Waals surface area contributed by atoms with Gasteiger partial charge in [-0.1, -0.05) is 23.7 Å². The highest BCUT2D eigenvalue weighted by atomic mass is 35.7. The van der Waals surface area contributed by atoms with Gasteiger partial charge in [-0.25, -0.2) is 23.6 Å². The topological polar surface area (TPSA) is 138 Å². The maximum atomic E-state index is 8.49. The second kappa shape index (κ2) is 10.7. The first-order valence-electron chi connectivity index (χ1n) is 9.40. The molecule has 0 aliphatic rings. The molecule has 0 spiro atoms. The Hall–Kier alpha value is -3.11. The SMILES string of the molecule is COc1ccc([NH+]=c2cc(-c3ccccc3Cl)oc3ccc(OC)cc23)cc1.[O-][Cl+3]([O-])([O-])[O-]. The van der Waals surface area contributed by atoms with Crippen molar-refractivity contribution in [3.8, 4) is 22.8 Å². The van der Waals surface area contributed by atoms with Crippen LogP contribution in [0.1, 0.15) is 0 Å². The standard InChI is InChI=1S/C23H18ClNO3.ClHO4/c1-26-16-9-7-15(8-10-16)25-21-14-23(18-5-3-4-6-20(18)24)28-22-12-11-17(27-2)13-19(21)22;2-1(3,4)5/h3-14H,1-2H3;(H,2,3,4,5). The molecule has 4 rings (SSSR count). The molecule has 0 atom stereocenters. The van der Waals surface area contributed by atoms with Crippen molar-refractivity contribution < 1.29 is 47.8 Å².